The summed E-state index contributed by atoms with van der Waals surface area (Å²) in [7, 11) is 0. The van der Waals surface area contributed by atoms with Crippen LogP contribution in [0.4, 0.5) is 18.0 Å². The molecule has 19 heavy (non-hydrogen) atoms. The molecule has 1 aromatic rings. The molecule has 1 rings (SSSR count). The van der Waals surface area contributed by atoms with Gasteiger partial charge in [0.05, 0.1) is 0 Å². The lowest BCUT2D eigenvalue weighted by Gasteiger charge is -2.20. The quantitative estimate of drug-likeness (QED) is 0.922. The van der Waals surface area contributed by atoms with Crippen LogP contribution < -0.4 is 14.8 Å². The molecule has 0 saturated heterocycles. The monoisotopic (exact) mass is 277 g/mol. The zero-order valence-electron chi connectivity index (χ0n) is 10.7. The summed E-state index contributed by atoms with van der Waals surface area (Å²) >= 11 is 0. The smallest absolute Gasteiger partial charge is 0.413 e. The third-order valence-corrected chi connectivity index (χ3v) is 1.81. The second-order valence-electron chi connectivity index (χ2n) is 4.74. The van der Waals surface area contributed by atoms with Crippen molar-refractivity contribution in [2.45, 2.75) is 32.9 Å². The van der Waals surface area contributed by atoms with E-state index in [0.717, 1.165) is 12.1 Å². The van der Waals surface area contributed by atoms with Gasteiger partial charge in [0.2, 0.25) is 0 Å². The Labute approximate surface area is 108 Å². The van der Waals surface area contributed by atoms with Crippen molar-refractivity contribution >= 4 is 6.09 Å². The number of alkyl halides is 2. The molecule has 0 saturated carbocycles. The van der Waals surface area contributed by atoms with Gasteiger partial charge in [-0.15, -0.1) is 0 Å². The highest BCUT2D eigenvalue weighted by Gasteiger charge is 2.17. The lowest BCUT2D eigenvalue weighted by atomic mass is 10.1. The minimum atomic E-state index is -3.05. The van der Waals surface area contributed by atoms with Gasteiger partial charge in [-0.25, -0.2) is 9.18 Å². The van der Waals surface area contributed by atoms with Gasteiger partial charge < -0.3 is 14.8 Å². The van der Waals surface area contributed by atoms with E-state index in [1.165, 1.54) is 0 Å². The normalized spacial score (nSPS) is 11.3. The lowest BCUT2D eigenvalue weighted by Crippen LogP contribution is -2.42. The van der Waals surface area contributed by atoms with Crippen LogP contribution in [0.25, 0.3) is 0 Å². The summed E-state index contributed by atoms with van der Waals surface area (Å²) in [6.45, 7) is 2.13. The number of ether oxygens (including phenoxy) is 2. The first-order chi connectivity index (χ1) is 8.67. The number of amides is 1. The Balaban J connectivity index is 2.72. The largest absolute Gasteiger partial charge is 0.435 e. The maximum absolute atomic E-state index is 13.5. The van der Waals surface area contributed by atoms with Crippen molar-refractivity contribution in [2.24, 2.45) is 0 Å². The summed E-state index contributed by atoms with van der Waals surface area (Å²) in [5, 5.41) is 2.46. The SMILES string of the molecule is CC(C)(C)NC(=O)Oc1ccc(OC(F)F)cc1F. The van der Waals surface area contributed by atoms with Crippen molar-refractivity contribution in [2.75, 3.05) is 0 Å². The molecule has 1 N–H and O–H groups in total. The Morgan fingerprint density at radius 3 is 2.42 bits per heavy atom. The average molecular weight is 277 g/mol. The zero-order valence-corrected chi connectivity index (χ0v) is 10.7. The second kappa shape index (κ2) is 5.81. The highest BCUT2D eigenvalue weighted by atomic mass is 19.3. The zero-order chi connectivity index (χ0) is 14.6. The number of hydrogen-bond donors (Lipinski definition) is 1. The average Bonchev–Trinajstić information content (AvgIpc) is 2.18. The Kier molecular flexibility index (Phi) is 4.63. The second-order valence-corrected chi connectivity index (χ2v) is 4.74. The highest BCUT2D eigenvalue weighted by molar-refractivity contribution is 5.71. The summed E-state index contributed by atoms with van der Waals surface area (Å²) in [6.07, 6.45) is -0.839. The molecular formula is C12H14F3NO3. The Morgan fingerprint density at radius 2 is 1.95 bits per heavy atom. The molecule has 7 heteroatoms. The molecule has 0 bridgehead atoms. The Morgan fingerprint density at radius 1 is 1.32 bits per heavy atom. The molecule has 0 radical (unpaired) electrons. The van der Waals surface area contributed by atoms with E-state index in [1.807, 2.05) is 0 Å². The van der Waals surface area contributed by atoms with E-state index in [2.05, 4.69) is 10.1 Å². The lowest BCUT2D eigenvalue weighted by molar-refractivity contribution is -0.0500. The number of rotatable bonds is 3. The van der Waals surface area contributed by atoms with Crippen molar-refractivity contribution in [1.29, 1.82) is 0 Å². The van der Waals surface area contributed by atoms with Crippen LogP contribution in [0, 0.1) is 5.82 Å². The van der Waals surface area contributed by atoms with Gasteiger partial charge in [-0.2, -0.15) is 8.78 Å². The number of hydrogen-bond acceptors (Lipinski definition) is 3. The van der Waals surface area contributed by atoms with Crippen LogP contribution in [0.15, 0.2) is 18.2 Å². The summed E-state index contributed by atoms with van der Waals surface area (Å²) in [5.74, 6) is -1.69. The van der Waals surface area contributed by atoms with Crippen molar-refractivity contribution < 1.29 is 27.4 Å². The molecule has 0 spiro atoms. The molecule has 0 heterocycles. The van der Waals surface area contributed by atoms with Crippen LogP contribution in [0.2, 0.25) is 0 Å². The Hall–Kier alpha value is -1.92. The molecule has 0 fully saturated rings. The molecule has 0 aliphatic rings. The number of carbonyl (C=O) groups is 1. The molecule has 0 aromatic heterocycles. The molecule has 4 nitrogen and oxygen atoms in total. The third kappa shape index (κ3) is 5.50. The van der Waals surface area contributed by atoms with Crippen molar-refractivity contribution in [3.63, 3.8) is 0 Å². The van der Waals surface area contributed by atoms with Crippen LogP contribution in [0.5, 0.6) is 11.5 Å². The topological polar surface area (TPSA) is 47.6 Å². The van der Waals surface area contributed by atoms with Gasteiger partial charge in [0, 0.05) is 11.6 Å². The summed E-state index contributed by atoms with van der Waals surface area (Å²) in [5.41, 5.74) is -0.535. The number of halogens is 3. The molecular weight excluding hydrogens is 263 g/mol. The van der Waals surface area contributed by atoms with Gasteiger partial charge in [-0.1, -0.05) is 0 Å². The van der Waals surface area contributed by atoms with Crippen LogP contribution in [0.3, 0.4) is 0 Å². The number of carbonyl (C=O) groups excluding carboxylic acids is 1. The Bertz CT molecular complexity index is 458. The molecule has 0 aliphatic carbocycles. The van der Waals surface area contributed by atoms with Gasteiger partial charge in [0.15, 0.2) is 11.6 Å². The predicted octanol–water partition coefficient (Wildman–Crippen LogP) is 3.31. The van der Waals surface area contributed by atoms with Crippen LogP contribution in [-0.4, -0.2) is 18.2 Å². The van der Waals surface area contributed by atoms with Crippen LogP contribution in [0.1, 0.15) is 20.8 Å². The maximum atomic E-state index is 13.5. The van der Waals surface area contributed by atoms with Crippen molar-refractivity contribution in [3.8, 4) is 11.5 Å². The first kappa shape index (κ1) is 15.1. The predicted molar refractivity (Wildman–Crippen MR) is 61.9 cm³/mol. The maximum Gasteiger partial charge on any atom is 0.413 e. The number of benzene rings is 1. The van der Waals surface area contributed by atoms with E-state index in [9.17, 15) is 18.0 Å². The molecule has 0 unspecified atom stereocenters. The van der Waals surface area contributed by atoms with Crippen molar-refractivity contribution in [3.05, 3.63) is 24.0 Å². The minimum Gasteiger partial charge on any atom is -0.435 e. The van der Waals surface area contributed by atoms with Crippen LogP contribution >= 0.6 is 0 Å². The number of nitrogens with one attached hydrogen (secondary N) is 1. The molecule has 0 atom stereocenters. The van der Waals surface area contributed by atoms with Gasteiger partial charge in [-0.05, 0) is 32.9 Å². The highest BCUT2D eigenvalue weighted by Crippen LogP contribution is 2.24. The molecule has 0 aliphatic heterocycles. The molecule has 1 amide bonds. The van der Waals surface area contributed by atoms with Gasteiger partial charge in [-0.3, -0.25) is 0 Å². The summed E-state index contributed by atoms with van der Waals surface area (Å²) in [4.78, 5) is 11.4. The van der Waals surface area contributed by atoms with E-state index >= 15 is 0 Å². The summed E-state index contributed by atoms with van der Waals surface area (Å²) in [6, 6.07) is 2.83. The first-order valence-corrected chi connectivity index (χ1v) is 5.42. The van der Waals surface area contributed by atoms with E-state index in [0.29, 0.717) is 6.07 Å². The fourth-order valence-corrected chi connectivity index (χ4v) is 1.17. The van der Waals surface area contributed by atoms with E-state index in [-0.39, 0.29) is 11.5 Å². The molecule has 106 valence electrons. The van der Waals surface area contributed by atoms with Gasteiger partial charge in [0.1, 0.15) is 5.75 Å². The molecule has 1 aromatic carbocycles. The fraction of sp³-hybridized carbons (Fsp3) is 0.417. The minimum absolute atomic E-state index is 0.351. The van der Waals surface area contributed by atoms with Crippen molar-refractivity contribution in [1.82, 2.24) is 5.32 Å². The van der Waals surface area contributed by atoms with Gasteiger partial charge in [0.25, 0.3) is 0 Å². The van der Waals surface area contributed by atoms with Crippen LogP contribution in [-0.2, 0) is 0 Å². The van der Waals surface area contributed by atoms with E-state index in [1.54, 1.807) is 20.8 Å². The van der Waals surface area contributed by atoms with E-state index in [4.69, 9.17) is 4.74 Å². The van der Waals surface area contributed by atoms with Gasteiger partial charge >= 0.3 is 12.7 Å². The fourth-order valence-electron chi connectivity index (χ4n) is 1.17. The standard InChI is InChI=1S/C12H14F3NO3/c1-12(2,3)16-11(17)19-9-5-4-7(6-8(9)13)18-10(14)15/h4-6,10H,1-3H3,(H,16,17). The first-order valence-electron chi connectivity index (χ1n) is 5.42. The summed E-state index contributed by atoms with van der Waals surface area (Å²) < 4.78 is 46.0. The third-order valence-electron chi connectivity index (χ3n) is 1.81. The van der Waals surface area contributed by atoms with E-state index < -0.39 is 24.1 Å².